The number of aromatic nitrogens is 3. The number of nitrogens with zero attached hydrogens (tertiary/aromatic N) is 3. The van der Waals surface area contributed by atoms with Crippen LogP contribution in [0.5, 0.6) is 0 Å². The Morgan fingerprint density at radius 1 is 1.03 bits per heavy atom. The molecular weight excluding hydrogens is 366 g/mol. The lowest BCUT2D eigenvalue weighted by Crippen LogP contribution is -2.34. The van der Waals surface area contributed by atoms with Crippen molar-refractivity contribution in [3.05, 3.63) is 70.6 Å². The average molecular weight is 393 g/mol. The molecule has 3 aromatic rings. The van der Waals surface area contributed by atoms with E-state index in [1.165, 1.54) is 14.8 Å². The van der Waals surface area contributed by atoms with Crippen molar-refractivity contribution >= 4 is 11.7 Å². The van der Waals surface area contributed by atoms with Crippen molar-refractivity contribution in [1.82, 2.24) is 19.7 Å². The van der Waals surface area contributed by atoms with Crippen LogP contribution < -0.4 is 16.3 Å². The van der Waals surface area contributed by atoms with Gasteiger partial charge in [0, 0.05) is 24.8 Å². The first-order chi connectivity index (χ1) is 13.8. The minimum Gasteiger partial charge on any atom is -0.336 e. The van der Waals surface area contributed by atoms with Gasteiger partial charge in [-0.3, -0.25) is 4.57 Å². The summed E-state index contributed by atoms with van der Waals surface area (Å²) in [6, 6.07) is 17.0. The molecule has 29 heavy (non-hydrogen) atoms. The third-order valence-electron chi connectivity index (χ3n) is 4.69. The summed E-state index contributed by atoms with van der Waals surface area (Å²) < 4.78 is 2.87. The van der Waals surface area contributed by atoms with Crippen LogP contribution >= 0.6 is 0 Å². The molecule has 0 spiro atoms. The summed E-state index contributed by atoms with van der Waals surface area (Å²) in [5.41, 5.74) is 2.64. The summed E-state index contributed by atoms with van der Waals surface area (Å²) in [4.78, 5) is 24.5. The van der Waals surface area contributed by atoms with Crippen LogP contribution in [-0.4, -0.2) is 26.9 Å². The van der Waals surface area contributed by atoms with E-state index in [4.69, 9.17) is 0 Å². The SMILES string of the molecule is Cn1c(-c2ccccc2)nn(CCNC(=O)Nc2ccc(C(C)(C)C)cc2)c1=O. The van der Waals surface area contributed by atoms with Gasteiger partial charge in [0.05, 0.1) is 6.54 Å². The molecule has 0 fully saturated rings. The molecule has 0 saturated carbocycles. The quantitative estimate of drug-likeness (QED) is 0.697. The fraction of sp³-hybridized carbons (Fsp3) is 0.318. The lowest BCUT2D eigenvalue weighted by atomic mass is 9.87. The van der Waals surface area contributed by atoms with E-state index in [0.29, 0.717) is 5.82 Å². The second kappa shape index (κ2) is 8.34. The molecule has 0 radical (unpaired) electrons. The summed E-state index contributed by atoms with van der Waals surface area (Å²) >= 11 is 0. The highest BCUT2D eigenvalue weighted by Crippen LogP contribution is 2.23. The number of rotatable bonds is 5. The van der Waals surface area contributed by atoms with Crippen LogP contribution in [0.4, 0.5) is 10.5 Å². The zero-order valence-electron chi connectivity index (χ0n) is 17.3. The van der Waals surface area contributed by atoms with E-state index in [0.717, 1.165) is 11.3 Å². The second-order valence-electron chi connectivity index (χ2n) is 7.96. The largest absolute Gasteiger partial charge is 0.345 e. The van der Waals surface area contributed by atoms with Gasteiger partial charge in [0.15, 0.2) is 5.82 Å². The Bertz CT molecular complexity index is 1030. The Morgan fingerprint density at radius 3 is 2.31 bits per heavy atom. The van der Waals surface area contributed by atoms with Gasteiger partial charge in [-0.25, -0.2) is 14.3 Å². The van der Waals surface area contributed by atoms with Crippen molar-refractivity contribution < 1.29 is 4.79 Å². The lowest BCUT2D eigenvalue weighted by molar-refractivity contribution is 0.251. The first kappa shape index (κ1) is 20.4. The second-order valence-corrected chi connectivity index (χ2v) is 7.96. The molecule has 152 valence electrons. The number of anilines is 1. The Labute approximate surface area is 170 Å². The summed E-state index contributed by atoms with van der Waals surface area (Å²) in [6.45, 7) is 7.01. The molecule has 1 aromatic heterocycles. The van der Waals surface area contributed by atoms with Crippen molar-refractivity contribution in [3.8, 4) is 11.4 Å². The fourth-order valence-corrected chi connectivity index (χ4v) is 2.98. The molecule has 0 aliphatic heterocycles. The van der Waals surface area contributed by atoms with Gasteiger partial charge < -0.3 is 10.6 Å². The highest BCUT2D eigenvalue weighted by Gasteiger charge is 2.14. The predicted molar refractivity (Wildman–Crippen MR) is 115 cm³/mol. The van der Waals surface area contributed by atoms with Gasteiger partial charge in [0.2, 0.25) is 0 Å². The molecular formula is C22H27N5O2. The van der Waals surface area contributed by atoms with Crippen LogP contribution in [0.15, 0.2) is 59.4 Å². The Hall–Kier alpha value is -3.35. The molecule has 2 aromatic carbocycles. The van der Waals surface area contributed by atoms with Crippen molar-refractivity contribution in [2.24, 2.45) is 7.05 Å². The standard InChI is InChI=1S/C22H27N5O2/c1-22(2,3)17-10-12-18(13-11-17)24-20(28)23-14-15-27-21(29)26(4)19(25-27)16-8-6-5-7-9-16/h5-13H,14-15H2,1-4H3,(H2,23,24,28). The maximum atomic E-state index is 12.4. The van der Waals surface area contributed by atoms with Gasteiger partial charge >= 0.3 is 11.7 Å². The number of benzene rings is 2. The number of urea groups is 1. The maximum Gasteiger partial charge on any atom is 0.345 e. The van der Waals surface area contributed by atoms with Crippen molar-refractivity contribution in [2.75, 3.05) is 11.9 Å². The highest BCUT2D eigenvalue weighted by molar-refractivity contribution is 5.89. The monoisotopic (exact) mass is 393 g/mol. The van der Waals surface area contributed by atoms with E-state index in [2.05, 4.69) is 36.5 Å². The lowest BCUT2D eigenvalue weighted by Gasteiger charge is -2.19. The van der Waals surface area contributed by atoms with Gasteiger partial charge in [-0.2, -0.15) is 0 Å². The summed E-state index contributed by atoms with van der Waals surface area (Å²) in [5, 5.41) is 9.95. The summed E-state index contributed by atoms with van der Waals surface area (Å²) in [5.74, 6) is 0.596. The number of carbonyl (C=O) groups is 1. The van der Waals surface area contributed by atoms with Crippen LogP contribution in [0.25, 0.3) is 11.4 Å². The molecule has 1 heterocycles. The topological polar surface area (TPSA) is 81.0 Å². The average Bonchev–Trinajstić information content (AvgIpc) is 2.97. The molecule has 2 amide bonds. The van der Waals surface area contributed by atoms with Gasteiger partial charge in [0.25, 0.3) is 0 Å². The molecule has 0 bridgehead atoms. The molecule has 0 aliphatic carbocycles. The molecule has 0 saturated heterocycles. The smallest absolute Gasteiger partial charge is 0.336 e. The Balaban J connectivity index is 1.56. The van der Waals surface area contributed by atoms with E-state index in [1.54, 1.807) is 7.05 Å². The van der Waals surface area contributed by atoms with Crippen molar-refractivity contribution in [1.29, 1.82) is 0 Å². The molecule has 0 atom stereocenters. The first-order valence-electron chi connectivity index (χ1n) is 9.60. The minimum atomic E-state index is -0.319. The number of hydrogen-bond donors (Lipinski definition) is 2. The summed E-state index contributed by atoms with van der Waals surface area (Å²) in [7, 11) is 1.69. The van der Waals surface area contributed by atoms with Crippen LogP contribution in [-0.2, 0) is 19.0 Å². The summed E-state index contributed by atoms with van der Waals surface area (Å²) in [6.07, 6.45) is 0. The fourth-order valence-electron chi connectivity index (χ4n) is 2.98. The minimum absolute atomic E-state index is 0.0648. The van der Waals surface area contributed by atoms with Crippen molar-refractivity contribution in [3.63, 3.8) is 0 Å². The number of hydrogen-bond acceptors (Lipinski definition) is 3. The molecule has 0 aliphatic rings. The van der Waals surface area contributed by atoms with Crippen LogP contribution in [0, 0.1) is 0 Å². The zero-order chi connectivity index (χ0) is 21.0. The van der Waals surface area contributed by atoms with Crippen LogP contribution in [0.1, 0.15) is 26.3 Å². The highest BCUT2D eigenvalue weighted by atomic mass is 16.2. The molecule has 7 nitrogen and oxygen atoms in total. The van der Waals surface area contributed by atoms with E-state index in [1.807, 2.05) is 54.6 Å². The Kier molecular flexibility index (Phi) is 5.87. The van der Waals surface area contributed by atoms with E-state index < -0.39 is 0 Å². The third-order valence-corrected chi connectivity index (χ3v) is 4.69. The number of nitrogens with one attached hydrogen (secondary N) is 2. The van der Waals surface area contributed by atoms with Crippen LogP contribution in [0.3, 0.4) is 0 Å². The van der Waals surface area contributed by atoms with Gasteiger partial charge in [-0.1, -0.05) is 63.2 Å². The van der Waals surface area contributed by atoms with Crippen LogP contribution in [0.2, 0.25) is 0 Å². The molecule has 7 heteroatoms. The molecule has 0 unspecified atom stereocenters. The normalized spacial score (nSPS) is 11.3. The third kappa shape index (κ3) is 4.93. The zero-order valence-corrected chi connectivity index (χ0v) is 17.3. The maximum absolute atomic E-state index is 12.4. The van der Waals surface area contributed by atoms with Gasteiger partial charge in [-0.15, -0.1) is 5.10 Å². The van der Waals surface area contributed by atoms with E-state index in [9.17, 15) is 9.59 Å². The predicted octanol–water partition coefficient (Wildman–Crippen LogP) is 3.37. The van der Waals surface area contributed by atoms with Gasteiger partial charge in [-0.05, 0) is 23.1 Å². The first-order valence-corrected chi connectivity index (χ1v) is 9.60. The van der Waals surface area contributed by atoms with Gasteiger partial charge in [0.1, 0.15) is 0 Å². The van der Waals surface area contributed by atoms with Crippen molar-refractivity contribution in [2.45, 2.75) is 32.7 Å². The van der Waals surface area contributed by atoms with E-state index >= 15 is 0 Å². The number of amides is 2. The molecule has 3 rings (SSSR count). The Morgan fingerprint density at radius 2 is 1.69 bits per heavy atom. The number of carbonyl (C=O) groups excluding carboxylic acids is 1. The van der Waals surface area contributed by atoms with E-state index in [-0.39, 0.29) is 30.2 Å². The molecule has 2 N–H and O–H groups in total.